The Balaban J connectivity index is 2.06. The molecule has 1 aliphatic carbocycles. The van der Waals surface area contributed by atoms with Crippen LogP contribution < -0.4 is 5.32 Å². The summed E-state index contributed by atoms with van der Waals surface area (Å²) in [5.74, 6) is 2.76. The molecule has 3 unspecified atom stereocenters. The van der Waals surface area contributed by atoms with Crippen LogP contribution in [-0.4, -0.2) is 27.4 Å². The van der Waals surface area contributed by atoms with E-state index in [2.05, 4.69) is 47.8 Å². The Labute approximate surface area is 129 Å². The fourth-order valence-corrected chi connectivity index (χ4v) is 3.64. The lowest BCUT2D eigenvalue weighted by molar-refractivity contribution is 0.194. The molecule has 0 radical (unpaired) electrons. The normalized spacial score (nSPS) is 26.4. The fourth-order valence-electron chi connectivity index (χ4n) is 3.64. The number of hydrogen-bond donors (Lipinski definition) is 1. The van der Waals surface area contributed by atoms with Crippen LogP contribution in [0, 0.1) is 11.8 Å². The lowest BCUT2D eigenvalue weighted by Gasteiger charge is -2.36. The minimum atomic E-state index is 0.398. The van der Waals surface area contributed by atoms with E-state index in [-0.39, 0.29) is 0 Å². The van der Waals surface area contributed by atoms with Crippen molar-refractivity contribution in [3.63, 3.8) is 0 Å². The highest BCUT2D eigenvalue weighted by atomic mass is 15.3. The van der Waals surface area contributed by atoms with Crippen molar-refractivity contribution < 1.29 is 0 Å². The van der Waals surface area contributed by atoms with Gasteiger partial charge in [0.2, 0.25) is 0 Å². The van der Waals surface area contributed by atoms with Gasteiger partial charge in [-0.05, 0) is 57.9 Å². The molecule has 4 heteroatoms. The molecule has 1 fully saturated rings. The molecule has 4 nitrogen and oxygen atoms in total. The van der Waals surface area contributed by atoms with Crippen LogP contribution in [0.3, 0.4) is 0 Å². The Morgan fingerprint density at radius 3 is 2.81 bits per heavy atom. The summed E-state index contributed by atoms with van der Waals surface area (Å²) < 4.78 is 2.09. The second-order valence-electron chi connectivity index (χ2n) is 6.83. The third kappa shape index (κ3) is 4.29. The lowest BCUT2D eigenvalue weighted by Crippen LogP contribution is -2.42. The summed E-state index contributed by atoms with van der Waals surface area (Å²) in [5, 5.41) is 8.16. The molecule has 0 saturated heterocycles. The van der Waals surface area contributed by atoms with Crippen molar-refractivity contribution in [1.29, 1.82) is 0 Å². The van der Waals surface area contributed by atoms with Gasteiger partial charge in [-0.25, -0.2) is 9.67 Å². The van der Waals surface area contributed by atoms with Crippen LogP contribution in [0.2, 0.25) is 0 Å². The smallest absolute Gasteiger partial charge is 0.138 e. The Morgan fingerprint density at radius 1 is 1.33 bits per heavy atom. The Morgan fingerprint density at radius 2 is 2.14 bits per heavy atom. The zero-order valence-electron chi connectivity index (χ0n) is 14.2. The average Bonchev–Trinajstić information content (AvgIpc) is 2.94. The van der Waals surface area contributed by atoms with Gasteiger partial charge >= 0.3 is 0 Å². The van der Waals surface area contributed by atoms with Crippen molar-refractivity contribution in [2.45, 2.75) is 78.3 Å². The van der Waals surface area contributed by atoms with Crippen LogP contribution in [0.1, 0.15) is 71.7 Å². The van der Waals surface area contributed by atoms with E-state index in [1.807, 2.05) is 0 Å². The van der Waals surface area contributed by atoms with E-state index in [1.54, 1.807) is 6.33 Å². The summed E-state index contributed by atoms with van der Waals surface area (Å²) in [6.45, 7) is 10.1. The van der Waals surface area contributed by atoms with Gasteiger partial charge in [-0.15, -0.1) is 0 Å². The highest BCUT2D eigenvalue weighted by Crippen LogP contribution is 2.33. The first kappa shape index (κ1) is 16.5. The third-order valence-corrected chi connectivity index (χ3v) is 4.91. The zero-order valence-corrected chi connectivity index (χ0v) is 14.2. The molecule has 21 heavy (non-hydrogen) atoms. The molecular formula is C17H32N4. The average molecular weight is 292 g/mol. The first-order valence-electron chi connectivity index (χ1n) is 8.77. The largest absolute Gasteiger partial charge is 0.314 e. The third-order valence-electron chi connectivity index (χ3n) is 4.91. The molecule has 0 aliphatic heterocycles. The summed E-state index contributed by atoms with van der Waals surface area (Å²) >= 11 is 0. The molecule has 1 heterocycles. The van der Waals surface area contributed by atoms with Crippen molar-refractivity contribution in [2.75, 3.05) is 6.54 Å². The van der Waals surface area contributed by atoms with E-state index >= 15 is 0 Å². The maximum atomic E-state index is 4.52. The van der Waals surface area contributed by atoms with Gasteiger partial charge < -0.3 is 5.32 Å². The number of hydrogen-bond acceptors (Lipinski definition) is 3. The van der Waals surface area contributed by atoms with E-state index in [9.17, 15) is 0 Å². The van der Waals surface area contributed by atoms with Crippen LogP contribution in [0.15, 0.2) is 6.33 Å². The van der Waals surface area contributed by atoms with Gasteiger partial charge in [-0.2, -0.15) is 5.10 Å². The van der Waals surface area contributed by atoms with Crippen molar-refractivity contribution in [3.8, 4) is 0 Å². The van der Waals surface area contributed by atoms with Gasteiger partial charge in [-0.3, -0.25) is 0 Å². The molecule has 1 aliphatic rings. The van der Waals surface area contributed by atoms with Crippen molar-refractivity contribution in [3.05, 3.63) is 12.2 Å². The molecule has 1 aromatic heterocycles. The number of nitrogens with zero attached hydrogens (tertiary/aromatic N) is 3. The summed E-state index contributed by atoms with van der Waals surface area (Å²) in [7, 11) is 0. The first-order valence-corrected chi connectivity index (χ1v) is 8.77. The van der Waals surface area contributed by atoms with Crippen molar-refractivity contribution >= 4 is 0 Å². The molecule has 1 saturated carbocycles. The highest BCUT2D eigenvalue weighted by Gasteiger charge is 2.30. The van der Waals surface area contributed by atoms with Gasteiger partial charge in [0.25, 0.3) is 0 Å². The second kappa shape index (κ2) is 7.92. The first-order chi connectivity index (χ1) is 10.2. The van der Waals surface area contributed by atoms with Gasteiger partial charge in [0.1, 0.15) is 12.2 Å². The standard InChI is InChI=1S/C17H32N4/c1-5-9-18-16-8-7-14(6-2)10-15(16)11-17-19-12-20-21(17)13(3)4/h12-16,18H,5-11H2,1-4H3. The molecule has 0 aromatic carbocycles. The van der Waals surface area contributed by atoms with Crippen LogP contribution in [0.4, 0.5) is 0 Å². The molecule has 0 amide bonds. The lowest BCUT2D eigenvalue weighted by atomic mass is 9.75. The molecular weight excluding hydrogens is 260 g/mol. The summed E-state index contributed by atoms with van der Waals surface area (Å²) in [4.78, 5) is 4.52. The maximum Gasteiger partial charge on any atom is 0.138 e. The van der Waals surface area contributed by atoms with E-state index < -0.39 is 0 Å². The van der Waals surface area contributed by atoms with Crippen LogP contribution >= 0.6 is 0 Å². The van der Waals surface area contributed by atoms with Crippen LogP contribution in [0.25, 0.3) is 0 Å². The highest BCUT2D eigenvalue weighted by molar-refractivity contribution is 4.95. The summed E-state index contributed by atoms with van der Waals surface area (Å²) in [6, 6.07) is 1.06. The number of nitrogens with one attached hydrogen (secondary N) is 1. The van der Waals surface area contributed by atoms with E-state index in [0.717, 1.165) is 24.7 Å². The Kier molecular flexibility index (Phi) is 6.22. The SMILES string of the molecule is CCCNC1CCC(CC)CC1Cc1ncnn1C(C)C. The van der Waals surface area contributed by atoms with E-state index in [4.69, 9.17) is 0 Å². The van der Waals surface area contributed by atoms with Crippen LogP contribution in [0.5, 0.6) is 0 Å². The minimum absolute atomic E-state index is 0.398. The predicted molar refractivity (Wildman–Crippen MR) is 87.3 cm³/mol. The minimum Gasteiger partial charge on any atom is -0.314 e. The molecule has 0 spiro atoms. The van der Waals surface area contributed by atoms with E-state index in [1.165, 1.54) is 32.1 Å². The molecule has 2 rings (SSSR count). The molecule has 120 valence electrons. The second-order valence-corrected chi connectivity index (χ2v) is 6.83. The molecule has 1 aromatic rings. The quantitative estimate of drug-likeness (QED) is 0.835. The zero-order chi connectivity index (χ0) is 15.2. The molecule has 3 atom stereocenters. The number of rotatable bonds is 7. The monoisotopic (exact) mass is 292 g/mol. The summed E-state index contributed by atoms with van der Waals surface area (Å²) in [6.07, 6.45) is 9.34. The Hall–Kier alpha value is -0.900. The van der Waals surface area contributed by atoms with Gasteiger partial charge in [-0.1, -0.05) is 20.3 Å². The maximum absolute atomic E-state index is 4.52. The molecule has 0 bridgehead atoms. The predicted octanol–water partition coefficient (Wildman–Crippen LogP) is 3.60. The van der Waals surface area contributed by atoms with Gasteiger partial charge in [0.05, 0.1) is 0 Å². The van der Waals surface area contributed by atoms with Crippen LogP contribution in [-0.2, 0) is 6.42 Å². The fraction of sp³-hybridized carbons (Fsp3) is 0.882. The van der Waals surface area contributed by atoms with Crippen molar-refractivity contribution in [2.24, 2.45) is 11.8 Å². The van der Waals surface area contributed by atoms with Crippen molar-refractivity contribution in [1.82, 2.24) is 20.1 Å². The number of aromatic nitrogens is 3. The topological polar surface area (TPSA) is 42.7 Å². The summed E-state index contributed by atoms with van der Waals surface area (Å²) in [5.41, 5.74) is 0. The van der Waals surface area contributed by atoms with E-state index in [0.29, 0.717) is 18.0 Å². The van der Waals surface area contributed by atoms with Gasteiger partial charge in [0.15, 0.2) is 0 Å². The Bertz CT molecular complexity index is 413. The van der Waals surface area contributed by atoms with Gasteiger partial charge in [0, 0.05) is 18.5 Å². The molecule has 1 N–H and O–H groups in total.